The molecule has 98 valence electrons. The number of aryl methyl sites for hydroxylation is 1. The van der Waals surface area contributed by atoms with Gasteiger partial charge in [0.25, 0.3) is 5.91 Å². The van der Waals surface area contributed by atoms with Crippen LogP contribution in [0.1, 0.15) is 16.1 Å². The maximum absolute atomic E-state index is 12.0. The molecule has 0 saturated carbocycles. The normalized spacial score (nSPS) is 10.1. The molecule has 1 amide bonds. The summed E-state index contributed by atoms with van der Waals surface area (Å²) in [6.45, 7) is 1.91. The number of hydrogen-bond donors (Lipinski definition) is 1. The van der Waals surface area contributed by atoms with Gasteiger partial charge in [0.15, 0.2) is 0 Å². The molecular weight excluding hydrogens is 264 g/mol. The van der Waals surface area contributed by atoms with Crippen LogP contribution in [0.15, 0.2) is 36.4 Å². The molecule has 0 aliphatic carbocycles. The van der Waals surface area contributed by atoms with Crippen molar-refractivity contribution in [1.82, 2.24) is 4.98 Å². The highest BCUT2D eigenvalue weighted by atomic mass is 35.5. The number of nitrogens with one attached hydrogen (secondary N) is 1. The molecule has 0 saturated heterocycles. The van der Waals surface area contributed by atoms with Crippen LogP contribution in [-0.4, -0.2) is 18.0 Å². The minimum atomic E-state index is -0.299. The molecule has 0 radical (unpaired) electrons. The number of halogens is 1. The third-order valence-electron chi connectivity index (χ3n) is 2.60. The minimum Gasteiger partial charge on any atom is -0.496 e. The number of methoxy groups -OCH3 is 1. The first-order valence-electron chi connectivity index (χ1n) is 5.68. The van der Waals surface area contributed by atoms with Crippen LogP contribution in [0.5, 0.6) is 5.75 Å². The summed E-state index contributed by atoms with van der Waals surface area (Å²) in [4.78, 5) is 15.9. The van der Waals surface area contributed by atoms with E-state index >= 15 is 0 Å². The summed E-state index contributed by atoms with van der Waals surface area (Å²) in [6, 6.07) is 10.3. The van der Waals surface area contributed by atoms with Gasteiger partial charge in [0.05, 0.1) is 7.11 Å². The average molecular weight is 277 g/mol. The lowest BCUT2D eigenvalue weighted by Crippen LogP contribution is -2.13. The van der Waals surface area contributed by atoms with Crippen molar-refractivity contribution in [2.24, 2.45) is 0 Å². The number of nitrogens with zero attached hydrogens (tertiary/aromatic N) is 1. The van der Waals surface area contributed by atoms with Gasteiger partial charge in [-0.15, -0.1) is 0 Å². The van der Waals surface area contributed by atoms with Crippen LogP contribution in [0.25, 0.3) is 0 Å². The van der Waals surface area contributed by atoms with Crippen molar-refractivity contribution in [1.29, 1.82) is 0 Å². The summed E-state index contributed by atoms with van der Waals surface area (Å²) in [5, 5.41) is 3.05. The van der Waals surface area contributed by atoms with E-state index < -0.39 is 0 Å². The molecule has 1 aromatic carbocycles. The molecule has 0 aliphatic rings. The van der Waals surface area contributed by atoms with Crippen LogP contribution in [0, 0.1) is 6.92 Å². The van der Waals surface area contributed by atoms with E-state index in [1.807, 2.05) is 13.0 Å². The largest absolute Gasteiger partial charge is 0.496 e. The summed E-state index contributed by atoms with van der Waals surface area (Å²) in [7, 11) is 1.61. The number of amides is 1. The number of carbonyl (C=O) groups excluding carboxylic acids is 1. The van der Waals surface area contributed by atoms with Crippen LogP contribution in [0.2, 0.25) is 5.15 Å². The van der Waals surface area contributed by atoms with E-state index in [-0.39, 0.29) is 11.6 Å². The zero-order chi connectivity index (χ0) is 13.8. The summed E-state index contributed by atoms with van der Waals surface area (Å²) in [5.41, 5.74) is 1.91. The Kier molecular flexibility index (Phi) is 4.02. The highest BCUT2D eigenvalue weighted by Crippen LogP contribution is 2.21. The fraction of sp³-hybridized carbons (Fsp3) is 0.143. The predicted molar refractivity (Wildman–Crippen MR) is 74.9 cm³/mol. The molecule has 0 spiro atoms. The van der Waals surface area contributed by atoms with Crippen LogP contribution in [0.3, 0.4) is 0 Å². The monoisotopic (exact) mass is 276 g/mol. The fourth-order valence-corrected chi connectivity index (χ4v) is 1.85. The second-order valence-corrected chi connectivity index (χ2v) is 4.37. The van der Waals surface area contributed by atoms with Crippen molar-refractivity contribution in [2.75, 3.05) is 12.4 Å². The summed E-state index contributed by atoms with van der Waals surface area (Å²) in [6.07, 6.45) is 0. The molecule has 2 aromatic rings. The van der Waals surface area contributed by atoms with Gasteiger partial charge in [-0.2, -0.15) is 0 Å². The number of aromatic nitrogens is 1. The highest BCUT2D eigenvalue weighted by molar-refractivity contribution is 6.29. The number of anilines is 1. The topological polar surface area (TPSA) is 51.2 Å². The van der Waals surface area contributed by atoms with Gasteiger partial charge < -0.3 is 10.1 Å². The Morgan fingerprint density at radius 3 is 2.74 bits per heavy atom. The van der Waals surface area contributed by atoms with E-state index in [2.05, 4.69) is 10.3 Å². The van der Waals surface area contributed by atoms with Crippen LogP contribution in [-0.2, 0) is 0 Å². The molecule has 0 fully saturated rings. The maximum Gasteiger partial charge on any atom is 0.274 e. The van der Waals surface area contributed by atoms with E-state index in [0.717, 1.165) is 11.3 Å². The van der Waals surface area contributed by atoms with Gasteiger partial charge in [0.2, 0.25) is 0 Å². The number of pyridine rings is 1. The number of hydrogen-bond acceptors (Lipinski definition) is 3. The zero-order valence-corrected chi connectivity index (χ0v) is 11.4. The van der Waals surface area contributed by atoms with Crippen LogP contribution < -0.4 is 10.1 Å². The van der Waals surface area contributed by atoms with Gasteiger partial charge in [-0.05, 0) is 42.8 Å². The Morgan fingerprint density at radius 2 is 2.11 bits per heavy atom. The quantitative estimate of drug-likeness (QED) is 0.875. The first-order chi connectivity index (χ1) is 9.10. The third kappa shape index (κ3) is 3.23. The standard InChI is InChI=1S/C14H13ClN2O2/c1-9-8-10(6-7-12(9)19-2)16-14(18)11-4-3-5-13(15)17-11/h3-8H,1-2H3,(H,16,18). The maximum atomic E-state index is 12.0. The number of rotatable bonds is 3. The van der Waals surface area contributed by atoms with E-state index in [4.69, 9.17) is 16.3 Å². The molecule has 0 atom stereocenters. The number of ether oxygens (including phenoxy) is 1. The molecule has 2 rings (SSSR count). The Bertz CT molecular complexity index is 614. The van der Waals surface area contributed by atoms with Crippen molar-refractivity contribution >= 4 is 23.2 Å². The Balaban J connectivity index is 2.17. The van der Waals surface area contributed by atoms with Gasteiger partial charge in [-0.25, -0.2) is 4.98 Å². The molecule has 1 heterocycles. The van der Waals surface area contributed by atoms with Crippen LogP contribution >= 0.6 is 11.6 Å². The Labute approximate surface area is 116 Å². The summed E-state index contributed by atoms with van der Waals surface area (Å²) < 4.78 is 5.16. The summed E-state index contributed by atoms with van der Waals surface area (Å²) in [5.74, 6) is 0.478. The number of benzene rings is 1. The van der Waals surface area contributed by atoms with Crippen LogP contribution in [0.4, 0.5) is 5.69 Å². The molecular formula is C14H13ClN2O2. The van der Waals surface area contributed by atoms with Crippen molar-refractivity contribution in [3.05, 3.63) is 52.8 Å². The lowest BCUT2D eigenvalue weighted by molar-refractivity contribution is 0.102. The lowest BCUT2D eigenvalue weighted by Gasteiger charge is -2.08. The molecule has 0 aliphatic heterocycles. The van der Waals surface area contributed by atoms with Crippen molar-refractivity contribution in [2.45, 2.75) is 6.92 Å². The second kappa shape index (κ2) is 5.71. The van der Waals surface area contributed by atoms with Gasteiger partial charge in [-0.1, -0.05) is 17.7 Å². The first-order valence-corrected chi connectivity index (χ1v) is 6.06. The average Bonchev–Trinajstić information content (AvgIpc) is 2.39. The third-order valence-corrected chi connectivity index (χ3v) is 2.81. The first kappa shape index (κ1) is 13.4. The number of carbonyl (C=O) groups is 1. The van der Waals surface area contributed by atoms with Gasteiger partial charge in [0, 0.05) is 5.69 Å². The fourth-order valence-electron chi connectivity index (χ4n) is 1.69. The van der Waals surface area contributed by atoms with Gasteiger partial charge in [0.1, 0.15) is 16.6 Å². The van der Waals surface area contributed by atoms with E-state index in [0.29, 0.717) is 10.8 Å². The van der Waals surface area contributed by atoms with Gasteiger partial charge in [-0.3, -0.25) is 4.79 Å². The molecule has 5 heteroatoms. The van der Waals surface area contributed by atoms with Gasteiger partial charge >= 0.3 is 0 Å². The molecule has 1 N–H and O–H groups in total. The molecule has 0 unspecified atom stereocenters. The molecule has 4 nitrogen and oxygen atoms in total. The van der Waals surface area contributed by atoms with E-state index in [1.54, 1.807) is 37.4 Å². The predicted octanol–water partition coefficient (Wildman–Crippen LogP) is 3.30. The van der Waals surface area contributed by atoms with Crippen molar-refractivity contribution in [3.63, 3.8) is 0 Å². The SMILES string of the molecule is COc1ccc(NC(=O)c2cccc(Cl)n2)cc1C. The minimum absolute atomic E-state index is 0.279. The molecule has 0 bridgehead atoms. The zero-order valence-electron chi connectivity index (χ0n) is 10.6. The smallest absolute Gasteiger partial charge is 0.274 e. The van der Waals surface area contributed by atoms with E-state index in [9.17, 15) is 4.79 Å². The van der Waals surface area contributed by atoms with E-state index in [1.165, 1.54) is 0 Å². The molecule has 19 heavy (non-hydrogen) atoms. The Morgan fingerprint density at radius 1 is 1.32 bits per heavy atom. The van der Waals surface area contributed by atoms with Crippen molar-refractivity contribution in [3.8, 4) is 5.75 Å². The Hall–Kier alpha value is -2.07. The second-order valence-electron chi connectivity index (χ2n) is 3.98. The lowest BCUT2D eigenvalue weighted by atomic mass is 10.2. The van der Waals surface area contributed by atoms with Crippen molar-refractivity contribution < 1.29 is 9.53 Å². The summed E-state index contributed by atoms with van der Waals surface area (Å²) >= 11 is 5.75. The highest BCUT2D eigenvalue weighted by Gasteiger charge is 2.09. The molecule has 1 aromatic heterocycles.